The fourth-order valence-corrected chi connectivity index (χ4v) is 5.11. The van der Waals surface area contributed by atoms with E-state index in [1.165, 1.54) is 0 Å². The van der Waals surface area contributed by atoms with Crippen LogP contribution < -0.4 is 5.32 Å². The first-order valence-electron chi connectivity index (χ1n) is 13.2. The Morgan fingerprint density at radius 2 is 1.87 bits per heavy atom. The van der Waals surface area contributed by atoms with Gasteiger partial charge in [-0.15, -0.1) is 0 Å². The second kappa shape index (κ2) is 11.7. The zero-order valence-corrected chi connectivity index (χ0v) is 23.6. The van der Waals surface area contributed by atoms with Crippen LogP contribution in [0.4, 0.5) is 5.82 Å². The normalized spacial score (nSPS) is 14.4. The zero-order chi connectivity index (χ0) is 27.5. The molecule has 2 aromatic heterocycles. The van der Waals surface area contributed by atoms with Gasteiger partial charge in [0.2, 0.25) is 5.82 Å². The number of nitrogens with one attached hydrogen (secondary N) is 1. The molecule has 0 atom stereocenters. The highest BCUT2D eigenvalue weighted by Gasteiger charge is 2.25. The van der Waals surface area contributed by atoms with Gasteiger partial charge in [-0.1, -0.05) is 35.0 Å². The maximum Gasteiger partial charge on any atom is 0.291 e. The van der Waals surface area contributed by atoms with Crippen LogP contribution in [0.3, 0.4) is 0 Å². The molecule has 10 heteroatoms. The van der Waals surface area contributed by atoms with Crippen LogP contribution in [0, 0.1) is 13.8 Å². The number of rotatable bonds is 8. The van der Waals surface area contributed by atoms with Gasteiger partial charge in [-0.2, -0.15) is 0 Å². The first-order valence-corrected chi connectivity index (χ1v) is 13.6. The highest BCUT2D eigenvalue weighted by molar-refractivity contribution is 6.30. The Balaban J connectivity index is 1.45. The number of anilines is 1. The van der Waals surface area contributed by atoms with Gasteiger partial charge in [0, 0.05) is 61.8 Å². The molecule has 1 aliphatic heterocycles. The van der Waals surface area contributed by atoms with Crippen LogP contribution in [0.5, 0.6) is 0 Å². The van der Waals surface area contributed by atoms with E-state index in [0.717, 1.165) is 59.7 Å². The number of amides is 1. The lowest BCUT2D eigenvalue weighted by Crippen LogP contribution is -2.50. The minimum absolute atomic E-state index is 0.148. The van der Waals surface area contributed by atoms with Crippen molar-refractivity contribution in [2.45, 2.75) is 20.4 Å². The molecule has 9 nitrogen and oxygen atoms in total. The molecule has 0 unspecified atom stereocenters. The van der Waals surface area contributed by atoms with E-state index in [4.69, 9.17) is 26.1 Å². The van der Waals surface area contributed by atoms with E-state index in [-0.39, 0.29) is 11.7 Å². The third-order valence-corrected chi connectivity index (χ3v) is 7.32. The third kappa shape index (κ3) is 6.21. The van der Waals surface area contributed by atoms with Crippen LogP contribution in [-0.4, -0.2) is 89.1 Å². The summed E-state index contributed by atoms with van der Waals surface area (Å²) in [5.41, 5.74) is 4.43. The maximum absolute atomic E-state index is 13.5. The number of likely N-dealkylation sites (N-methyl/N-ethyl adjacent to an activating group) is 1. The molecular weight excluding hydrogens is 514 g/mol. The van der Waals surface area contributed by atoms with Crippen molar-refractivity contribution in [2.24, 2.45) is 0 Å². The molecule has 1 saturated heterocycles. The summed E-state index contributed by atoms with van der Waals surface area (Å²) in [4.78, 5) is 29.4. The van der Waals surface area contributed by atoms with Crippen molar-refractivity contribution in [1.82, 2.24) is 29.8 Å². The number of aryl methyl sites for hydroxylation is 2. The van der Waals surface area contributed by atoms with Crippen LogP contribution in [0.25, 0.3) is 22.0 Å². The largest absolute Gasteiger partial charge is 0.365 e. The Bertz CT molecular complexity index is 1460. The number of carbonyl (C=O) groups is 1. The molecule has 1 amide bonds. The van der Waals surface area contributed by atoms with E-state index in [2.05, 4.69) is 34.4 Å². The van der Waals surface area contributed by atoms with Crippen molar-refractivity contribution in [2.75, 3.05) is 58.7 Å². The van der Waals surface area contributed by atoms with Gasteiger partial charge in [0.1, 0.15) is 11.6 Å². The summed E-state index contributed by atoms with van der Waals surface area (Å²) in [6, 6.07) is 13.6. The summed E-state index contributed by atoms with van der Waals surface area (Å²) in [7, 11) is 4.15. The summed E-state index contributed by atoms with van der Waals surface area (Å²) in [5, 5.41) is 9.03. The van der Waals surface area contributed by atoms with Gasteiger partial charge in [-0.05, 0) is 63.3 Å². The van der Waals surface area contributed by atoms with E-state index in [0.29, 0.717) is 36.0 Å². The number of hydrogen-bond donors (Lipinski definition) is 1. The average Bonchev–Trinajstić information content (AvgIpc) is 3.27. The Morgan fingerprint density at radius 1 is 1.08 bits per heavy atom. The fourth-order valence-electron chi connectivity index (χ4n) is 4.90. The lowest BCUT2D eigenvalue weighted by atomic mass is 10.0. The van der Waals surface area contributed by atoms with Gasteiger partial charge < -0.3 is 19.6 Å². The lowest BCUT2D eigenvalue weighted by Gasteiger charge is -2.34. The summed E-state index contributed by atoms with van der Waals surface area (Å²) in [6.45, 7) is 9.31. The van der Waals surface area contributed by atoms with E-state index in [9.17, 15) is 4.79 Å². The van der Waals surface area contributed by atoms with Gasteiger partial charge in [-0.3, -0.25) is 9.69 Å². The maximum atomic E-state index is 13.5. The average molecular weight is 548 g/mol. The molecule has 2 aromatic carbocycles. The second-order valence-corrected chi connectivity index (χ2v) is 10.7. The lowest BCUT2D eigenvalue weighted by molar-refractivity contribution is 0.0618. The first-order chi connectivity index (χ1) is 18.8. The summed E-state index contributed by atoms with van der Waals surface area (Å²) in [5.74, 6) is 1.40. The van der Waals surface area contributed by atoms with Crippen molar-refractivity contribution in [3.8, 4) is 11.1 Å². The zero-order valence-electron chi connectivity index (χ0n) is 22.9. The molecule has 0 spiro atoms. The molecule has 0 radical (unpaired) electrons. The summed E-state index contributed by atoms with van der Waals surface area (Å²) < 4.78 is 5.40. The smallest absolute Gasteiger partial charge is 0.291 e. The van der Waals surface area contributed by atoms with Crippen LogP contribution in [0.2, 0.25) is 5.02 Å². The molecule has 204 valence electrons. The van der Waals surface area contributed by atoms with Crippen molar-refractivity contribution < 1.29 is 9.32 Å². The Hall–Kier alpha value is -3.53. The SMILES string of the molecule is Cc1noc(C)c1-c1ccc2nc(C(=O)N3CCN(CCN(C)C)CC3)nc(NCc3cccc(Cl)c3)c2c1. The number of nitrogens with zero attached hydrogens (tertiary/aromatic N) is 6. The molecule has 4 aromatic rings. The van der Waals surface area contributed by atoms with Gasteiger partial charge in [-0.25, -0.2) is 9.97 Å². The van der Waals surface area contributed by atoms with Gasteiger partial charge in [0.25, 0.3) is 5.91 Å². The quantitative estimate of drug-likeness (QED) is 0.345. The number of piperazine rings is 1. The van der Waals surface area contributed by atoms with Crippen molar-refractivity contribution in [3.05, 3.63) is 70.3 Å². The van der Waals surface area contributed by atoms with Crippen molar-refractivity contribution in [1.29, 1.82) is 0 Å². The highest BCUT2D eigenvalue weighted by Crippen LogP contribution is 2.32. The predicted molar refractivity (Wildman–Crippen MR) is 154 cm³/mol. The molecule has 1 aliphatic rings. The minimum atomic E-state index is -0.148. The van der Waals surface area contributed by atoms with Gasteiger partial charge in [0.15, 0.2) is 0 Å². The van der Waals surface area contributed by atoms with Gasteiger partial charge >= 0.3 is 0 Å². The number of benzene rings is 2. The topological polar surface area (TPSA) is 90.6 Å². The Kier molecular flexibility index (Phi) is 8.11. The number of hydrogen-bond acceptors (Lipinski definition) is 8. The summed E-state index contributed by atoms with van der Waals surface area (Å²) >= 11 is 6.20. The van der Waals surface area contributed by atoms with Crippen molar-refractivity contribution in [3.63, 3.8) is 0 Å². The molecule has 3 heterocycles. The Labute approximate surface area is 233 Å². The molecule has 39 heavy (non-hydrogen) atoms. The van der Waals surface area contributed by atoms with Crippen LogP contribution in [0.1, 0.15) is 27.6 Å². The van der Waals surface area contributed by atoms with Gasteiger partial charge in [0.05, 0.1) is 11.2 Å². The summed E-state index contributed by atoms with van der Waals surface area (Å²) in [6.07, 6.45) is 0. The minimum Gasteiger partial charge on any atom is -0.365 e. The second-order valence-electron chi connectivity index (χ2n) is 10.2. The van der Waals surface area contributed by atoms with Crippen LogP contribution >= 0.6 is 11.6 Å². The predicted octanol–water partition coefficient (Wildman–Crippen LogP) is 4.49. The van der Waals surface area contributed by atoms with E-state index < -0.39 is 0 Å². The standard InChI is InChI=1S/C29H34ClN7O2/c1-19-26(20(2)39-34-19)22-8-9-25-24(17-22)27(31-18-21-6-5-7-23(30)16-21)33-28(32-25)29(38)37-14-12-36(13-15-37)11-10-35(3)4/h5-9,16-17H,10-15,18H2,1-4H3,(H,31,32,33). The molecule has 0 aliphatic carbocycles. The number of fused-ring (bicyclic) bond motifs is 1. The molecule has 0 saturated carbocycles. The molecular formula is C29H34ClN7O2. The number of carbonyl (C=O) groups excluding carboxylic acids is 1. The van der Waals surface area contributed by atoms with E-state index in [1.807, 2.05) is 61.2 Å². The fraction of sp³-hybridized carbons (Fsp3) is 0.379. The third-order valence-electron chi connectivity index (χ3n) is 7.08. The van der Waals surface area contributed by atoms with E-state index in [1.54, 1.807) is 0 Å². The number of aromatic nitrogens is 3. The monoisotopic (exact) mass is 547 g/mol. The van der Waals surface area contributed by atoms with E-state index >= 15 is 0 Å². The molecule has 5 rings (SSSR count). The molecule has 1 fully saturated rings. The van der Waals surface area contributed by atoms with Crippen molar-refractivity contribution >= 4 is 34.2 Å². The first kappa shape index (κ1) is 27.1. The van der Waals surface area contributed by atoms with Crippen LogP contribution in [-0.2, 0) is 6.54 Å². The Morgan fingerprint density at radius 3 is 2.56 bits per heavy atom. The molecule has 0 bridgehead atoms. The number of halogens is 1. The highest BCUT2D eigenvalue weighted by atomic mass is 35.5. The van der Waals surface area contributed by atoms with Crippen LogP contribution in [0.15, 0.2) is 47.0 Å². The molecule has 1 N–H and O–H groups in total.